The number of hydrogen-bond acceptors (Lipinski definition) is 4. The van der Waals surface area contributed by atoms with E-state index in [1.165, 1.54) is 19.3 Å². The zero-order chi connectivity index (χ0) is 17.6. The largest absolute Gasteiger partial charge is 0.444 e. The second-order valence-electron chi connectivity index (χ2n) is 8.26. The standard InChI is InChI=1S/C18H35NO3S/c1-12(2)11-14(19-17(21)22-18(3,4)5)15(20)16(23)13-9-7-6-8-10-13/h12-16,20,23H,6-11H2,1-5H3,(H,19,21). The van der Waals surface area contributed by atoms with E-state index in [2.05, 4.69) is 19.2 Å². The molecule has 23 heavy (non-hydrogen) atoms. The van der Waals surface area contributed by atoms with Crippen molar-refractivity contribution in [2.24, 2.45) is 11.8 Å². The fourth-order valence-corrected chi connectivity index (χ4v) is 3.75. The number of hydrogen-bond donors (Lipinski definition) is 3. The van der Waals surface area contributed by atoms with Crippen LogP contribution in [0.3, 0.4) is 0 Å². The van der Waals surface area contributed by atoms with E-state index in [1.807, 2.05) is 20.8 Å². The predicted molar refractivity (Wildman–Crippen MR) is 98.0 cm³/mol. The van der Waals surface area contributed by atoms with Crippen molar-refractivity contribution in [3.8, 4) is 0 Å². The van der Waals surface area contributed by atoms with Crippen LogP contribution in [0.1, 0.15) is 73.1 Å². The minimum atomic E-state index is -0.656. The number of carbonyl (C=O) groups is 1. The van der Waals surface area contributed by atoms with Crippen LogP contribution in [0.4, 0.5) is 4.79 Å². The van der Waals surface area contributed by atoms with Gasteiger partial charge in [-0.3, -0.25) is 0 Å². The Morgan fingerprint density at radius 2 is 1.83 bits per heavy atom. The van der Waals surface area contributed by atoms with E-state index in [0.29, 0.717) is 18.3 Å². The number of nitrogens with one attached hydrogen (secondary N) is 1. The molecule has 2 N–H and O–H groups in total. The summed E-state index contributed by atoms with van der Waals surface area (Å²) in [5, 5.41) is 13.5. The van der Waals surface area contributed by atoms with Gasteiger partial charge in [0.2, 0.25) is 0 Å². The molecule has 4 nitrogen and oxygen atoms in total. The fourth-order valence-electron chi connectivity index (χ4n) is 3.24. The molecule has 0 aromatic carbocycles. The van der Waals surface area contributed by atoms with Crippen LogP contribution in [0, 0.1) is 11.8 Å². The van der Waals surface area contributed by atoms with Gasteiger partial charge in [0.15, 0.2) is 0 Å². The van der Waals surface area contributed by atoms with Gasteiger partial charge in [-0.05, 0) is 51.9 Å². The maximum atomic E-state index is 12.1. The molecular formula is C18H35NO3S. The molecule has 1 fully saturated rings. The van der Waals surface area contributed by atoms with Crippen molar-refractivity contribution < 1.29 is 14.6 Å². The summed E-state index contributed by atoms with van der Waals surface area (Å²) in [6, 6.07) is -0.325. The van der Waals surface area contributed by atoms with Gasteiger partial charge in [0.1, 0.15) is 5.60 Å². The van der Waals surface area contributed by atoms with Gasteiger partial charge in [-0.25, -0.2) is 4.79 Å². The van der Waals surface area contributed by atoms with Crippen LogP contribution in [0.15, 0.2) is 0 Å². The number of aliphatic hydroxyl groups excluding tert-OH is 1. The van der Waals surface area contributed by atoms with Gasteiger partial charge in [0.25, 0.3) is 0 Å². The maximum absolute atomic E-state index is 12.1. The molecule has 0 saturated heterocycles. The average molecular weight is 346 g/mol. The van der Waals surface area contributed by atoms with Crippen molar-refractivity contribution in [1.29, 1.82) is 0 Å². The fraction of sp³-hybridized carbons (Fsp3) is 0.944. The highest BCUT2D eigenvalue weighted by molar-refractivity contribution is 7.81. The first-order valence-electron chi connectivity index (χ1n) is 8.96. The van der Waals surface area contributed by atoms with Crippen LogP contribution in [0.5, 0.6) is 0 Å². The molecule has 1 aliphatic rings. The molecule has 0 aromatic rings. The topological polar surface area (TPSA) is 58.6 Å². The van der Waals surface area contributed by atoms with Gasteiger partial charge in [-0.1, -0.05) is 33.1 Å². The summed E-state index contributed by atoms with van der Waals surface area (Å²) in [5.74, 6) is 0.800. The van der Waals surface area contributed by atoms with Gasteiger partial charge in [-0.15, -0.1) is 0 Å². The van der Waals surface area contributed by atoms with Crippen molar-refractivity contribution in [2.75, 3.05) is 0 Å². The zero-order valence-corrected chi connectivity index (χ0v) is 16.2. The van der Waals surface area contributed by atoms with Crippen LogP contribution >= 0.6 is 12.6 Å². The minimum Gasteiger partial charge on any atom is -0.444 e. The van der Waals surface area contributed by atoms with E-state index < -0.39 is 17.8 Å². The third-order valence-electron chi connectivity index (χ3n) is 4.32. The Morgan fingerprint density at radius 1 is 1.26 bits per heavy atom. The lowest BCUT2D eigenvalue weighted by atomic mass is 9.82. The number of aliphatic hydroxyl groups is 1. The Morgan fingerprint density at radius 3 is 2.30 bits per heavy atom. The Labute approximate surface area is 147 Å². The highest BCUT2D eigenvalue weighted by Gasteiger charge is 2.33. The Hall–Kier alpha value is -0.420. The first-order valence-corrected chi connectivity index (χ1v) is 9.47. The summed E-state index contributed by atoms with van der Waals surface area (Å²) in [6.45, 7) is 9.69. The lowest BCUT2D eigenvalue weighted by molar-refractivity contribution is 0.0372. The smallest absolute Gasteiger partial charge is 0.407 e. The van der Waals surface area contributed by atoms with Crippen molar-refractivity contribution in [1.82, 2.24) is 5.32 Å². The lowest BCUT2D eigenvalue weighted by Crippen LogP contribution is -2.50. The van der Waals surface area contributed by atoms with E-state index in [4.69, 9.17) is 17.4 Å². The molecule has 0 spiro atoms. The quantitative estimate of drug-likeness (QED) is 0.633. The first kappa shape index (κ1) is 20.6. The SMILES string of the molecule is CC(C)CC(NC(=O)OC(C)(C)C)C(O)C(S)C1CCCCC1. The van der Waals surface area contributed by atoms with E-state index in [1.54, 1.807) is 0 Å². The highest BCUT2D eigenvalue weighted by atomic mass is 32.1. The zero-order valence-electron chi connectivity index (χ0n) is 15.3. The molecule has 1 aliphatic carbocycles. The molecular weight excluding hydrogens is 310 g/mol. The van der Waals surface area contributed by atoms with Gasteiger partial charge >= 0.3 is 6.09 Å². The molecule has 1 rings (SSSR count). The summed E-state index contributed by atoms with van der Waals surface area (Å²) in [7, 11) is 0. The molecule has 0 bridgehead atoms. The van der Waals surface area contributed by atoms with Crippen molar-refractivity contribution in [2.45, 2.75) is 96.1 Å². The molecule has 1 amide bonds. The summed E-state index contributed by atoms with van der Waals surface area (Å²) in [4.78, 5) is 12.1. The molecule has 3 atom stereocenters. The normalized spacial score (nSPS) is 20.9. The van der Waals surface area contributed by atoms with Gasteiger partial charge in [-0.2, -0.15) is 12.6 Å². The van der Waals surface area contributed by atoms with Crippen molar-refractivity contribution in [3.63, 3.8) is 0 Å². The van der Waals surface area contributed by atoms with E-state index in [-0.39, 0.29) is 11.3 Å². The molecule has 0 aromatic heterocycles. The van der Waals surface area contributed by atoms with Crippen LogP contribution in [-0.4, -0.2) is 34.2 Å². The molecule has 0 aliphatic heterocycles. The van der Waals surface area contributed by atoms with Crippen molar-refractivity contribution in [3.05, 3.63) is 0 Å². The lowest BCUT2D eigenvalue weighted by Gasteiger charge is -2.35. The summed E-state index contributed by atoms with van der Waals surface area (Å²) < 4.78 is 5.34. The summed E-state index contributed by atoms with van der Waals surface area (Å²) >= 11 is 4.70. The predicted octanol–water partition coefficient (Wildman–Crippen LogP) is 4.17. The second-order valence-corrected chi connectivity index (χ2v) is 8.86. The number of amides is 1. The van der Waals surface area contributed by atoms with Crippen LogP contribution < -0.4 is 5.32 Å². The number of thiol groups is 1. The van der Waals surface area contributed by atoms with Crippen LogP contribution in [0.2, 0.25) is 0 Å². The highest BCUT2D eigenvalue weighted by Crippen LogP contribution is 2.32. The number of rotatable bonds is 6. The molecule has 1 saturated carbocycles. The van der Waals surface area contributed by atoms with E-state index in [9.17, 15) is 9.90 Å². The molecule has 0 heterocycles. The first-order chi connectivity index (χ1) is 10.6. The third-order valence-corrected chi connectivity index (χ3v) is 5.05. The van der Waals surface area contributed by atoms with Gasteiger partial charge < -0.3 is 15.2 Å². The van der Waals surface area contributed by atoms with Crippen LogP contribution in [-0.2, 0) is 4.74 Å². The number of alkyl carbamates (subject to hydrolysis) is 1. The van der Waals surface area contributed by atoms with Gasteiger partial charge in [0, 0.05) is 5.25 Å². The number of carbonyl (C=O) groups excluding carboxylic acids is 1. The summed E-state index contributed by atoms with van der Waals surface area (Å²) in [6.07, 6.45) is 5.52. The van der Waals surface area contributed by atoms with E-state index in [0.717, 1.165) is 12.8 Å². The second kappa shape index (κ2) is 9.16. The Bertz CT molecular complexity index is 362. The molecule has 3 unspecified atom stereocenters. The Balaban J connectivity index is 2.69. The molecule has 136 valence electrons. The monoisotopic (exact) mass is 345 g/mol. The van der Waals surface area contributed by atoms with Crippen LogP contribution in [0.25, 0.3) is 0 Å². The molecule has 5 heteroatoms. The van der Waals surface area contributed by atoms with E-state index >= 15 is 0 Å². The average Bonchev–Trinajstić information content (AvgIpc) is 2.43. The number of ether oxygens (including phenoxy) is 1. The third kappa shape index (κ3) is 7.79. The Kier molecular flexibility index (Phi) is 8.22. The summed E-state index contributed by atoms with van der Waals surface area (Å²) in [5.41, 5.74) is -0.541. The maximum Gasteiger partial charge on any atom is 0.407 e. The van der Waals surface area contributed by atoms with Crippen molar-refractivity contribution >= 4 is 18.7 Å². The van der Waals surface area contributed by atoms with Gasteiger partial charge in [0.05, 0.1) is 12.1 Å². The molecule has 0 radical (unpaired) electrons. The minimum absolute atomic E-state index is 0.103.